The van der Waals surface area contributed by atoms with Gasteiger partial charge in [-0.3, -0.25) is 0 Å². The highest BCUT2D eigenvalue weighted by molar-refractivity contribution is 5.56. The Hall–Kier alpha value is -0.980. The third-order valence-corrected chi connectivity index (χ3v) is 6.43. The summed E-state index contributed by atoms with van der Waals surface area (Å²) in [6.45, 7) is 4.47. The van der Waals surface area contributed by atoms with Crippen LogP contribution in [-0.4, -0.2) is 12.6 Å². The first-order valence-corrected chi connectivity index (χ1v) is 8.37. The fourth-order valence-corrected chi connectivity index (χ4v) is 5.91. The predicted octanol–water partition coefficient (Wildman–Crippen LogP) is 4.71. The summed E-state index contributed by atoms with van der Waals surface area (Å²) in [5.41, 5.74) is 4.78. The van der Waals surface area contributed by atoms with Crippen LogP contribution >= 0.6 is 0 Å². The van der Waals surface area contributed by atoms with E-state index < -0.39 is 0 Å². The van der Waals surface area contributed by atoms with Gasteiger partial charge < -0.3 is 4.90 Å². The second-order valence-corrected chi connectivity index (χ2v) is 7.99. The van der Waals surface area contributed by atoms with Gasteiger partial charge in [-0.15, -0.1) is 0 Å². The summed E-state index contributed by atoms with van der Waals surface area (Å²) in [6, 6.07) is 6.97. The molecule has 5 rings (SSSR count). The second-order valence-electron chi connectivity index (χ2n) is 7.99. The number of benzene rings is 1. The van der Waals surface area contributed by atoms with Gasteiger partial charge >= 0.3 is 0 Å². The van der Waals surface area contributed by atoms with Crippen LogP contribution in [0.5, 0.6) is 0 Å². The van der Waals surface area contributed by atoms with E-state index in [2.05, 4.69) is 44.0 Å². The van der Waals surface area contributed by atoms with Crippen LogP contribution in [0.4, 0.5) is 5.69 Å². The van der Waals surface area contributed by atoms with Crippen molar-refractivity contribution in [1.29, 1.82) is 0 Å². The van der Waals surface area contributed by atoms with Crippen molar-refractivity contribution in [3.63, 3.8) is 0 Å². The molecule has 0 aliphatic heterocycles. The lowest BCUT2D eigenvalue weighted by Crippen LogP contribution is -2.59. The molecule has 0 atom stereocenters. The molecule has 0 spiro atoms. The highest BCUT2D eigenvalue weighted by Crippen LogP contribution is 2.58. The molecule has 4 bridgehead atoms. The van der Waals surface area contributed by atoms with Crippen LogP contribution < -0.4 is 4.90 Å². The summed E-state index contributed by atoms with van der Waals surface area (Å²) in [4.78, 5) is 2.67. The molecule has 0 radical (unpaired) electrons. The lowest BCUT2D eigenvalue weighted by atomic mass is 9.52. The molecule has 0 amide bonds. The van der Waals surface area contributed by atoms with Crippen LogP contribution in [-0.2, 0) is 0 Å². The summed E-state index contributed by atoms with van der Waals surface area (Å²) in [5, 5.41) is 0. The molecule has 4 aliphatic rings. The number of aryl methyl sites for hydroxylation is 2. The topological polar surface area (TPSA) is 3.24 Å². The van der Waals surface area contributed by atoms with Crippen LogP contribution in [0.25, 0.3) is 0 Å². The van der Waals surface area contributed by atoms with Crippen LogP contribution in [0.3, 0.4) is 0 Å². The molecule has 0 heterocycles. The Morgan fingerprint density at radius 2 is 1.50 bits per heavy atom. The zero-order chi connectivity index (χ0) is 13.9. The maximum Gasteiger partial charge on any atom is 0.0407 e. The van der Waals surface area contributed by atoms with Crippen LogP contribution in [0.1, 0.15) is 49.7 Å². The summed E-state index contributed by atoms with van der Waals surface area (Å²) >= 11 is 0. The van der Waals surface area contributed by atoms with E-state index in [9.17, 15) is 0 Å². The zero-order valence-electron chi connectivity index (χ0n) is 13.2. The fraction of sp³-hybridized carbons (Fsp3) is 0.684. The van der Waals surface area contributed by atoms with Gasteiger partial charge in [-0.05, 0) is 81.8 Å². The molecular weight excluding hydrogens is 242 g/mol. The number of hydrogen-bond acceptors (Lipinski definition) is 1. The van der Waals surface area contributed by atoms with Crippen molar-refractivity contribution in [2.45, 2.75) is 57.9 Å². The van der Waals surface area contributed by atoms with E-state index in [-0.39, 0.29) is 0 Å². The second kappa shape index (κ2) is 4.26. The van der Waals surface area contributed by atoms with Gasteiger partial charge in [0, 0.05) is 18.3 Å². The molecule has 0 aromatic heterocycles. The van der Waals surface area contributed by atoms with E-state index in [0.29, 0.717) is 5.54 Å². The molecule has 1 aromatic carbocycles. The summed E-state index contributed by atoms with van der Waals surface area (Å²) < 4.78 is 0. The Labute approximate surface area is 123 Å². The van der Waals surface area contributed by atoms with E-state index in [4.69, 9.17) is 0 Å². The van der Waals surface area contributed by atoms with Crippen LogP contribution in [0, 0.1) is 31.6 Å². The molecule has 1 heteroatoms. The van der Waals surface area contributed by atoms with Crippen molar-refractivity contribution >= 4 is 5.69 Å². The number of hydrogen-bond donors (Lipinski definition) is 0. The van der Waals surface area contributed by atoms with Gasteiger partial charge in [0.15, 0.2) is 0 Å². The van der Waals surface area contributed by atoms with E-state index in [1.165, 1.54) is 55.3 Å². The first kappa shape index (κ1) is 12.7. The van der Waals surface area contributed by atoms with E-state index in [1.54, 1.807) is 0 Å². The summed E-state index contributed by atoms with van der Waals surface area (Å²) in [7, 11) is 2.37. The highest BCUT2D eigenvalue weighted by Gasteiger charge is 2.52. The Bertz CT molecular complexity index is 495. The molecule has 0 N–H and O–H groups in total. The van der Waals surface area contributed by atoms with Crippen molar-refractivity contribution in [1.82, 2.24) is 0 Å². The quantitative estimate of drug-likeness (QED) is 0.751. The maximum atomic E-state index is 2.67. The van der Waals surface area contributed by atoms with Gasteiger partial charge in [0.2, 0.25) is 0 Å². The first-order valence-electron chi connectivity index (χ1n) is 8.37. The number of anilines is 1. The molecule has 0 unspecified atom stereocenters. The zero-order valence-corrected chi connectivity index (χ0v) is 13.2. The Kier molecular flexibility index (Phi) is 2.71. The van der Waals surface area contributed by atoms with Gasteiger partial charge in [0.05, 0.1) is 0 Å². The van der Waals surface area contributed by atoms with Gasteiger partial charge in [-0.25, -0.2) is 0 Å². The molecular formula is C19H27N. The molecule has 4 aliphatic carbocycles. The molecule has 20 heavy (non-hydrogen) atoms. The number of rotatable bonds is 2. The van der Waals surface area contributed by atoms with Gasteiger partial charge in [0.25, 0.3) is 0 Å². The third-order valence-electron chi connectivity index (χ3n) is 6.43. The predicted molar refractivity (Wildman–Crippen MR) is 85.2 cm³/mol. The molecule has 1 aromatic rings. The summed E-state index contributed by atoms with van der Waals surface area (Å²) in [5.74, 6) is 3.07. The van der Waals surface area contributed by atoms with E-state index >= 15 is 0 Å². The standard InChI is InChI=1S/C19H27N/c1-13-4-5-18(14(2)6-13)20(3)19-10-15-7-16(11-19)9-17(8-15)12-19/h4-6,15-17H,7-12H2,1-3H3. The highest BCUT2D eigenvalue weighted by atomic mass is 15.2. The summed E-state index contributed by atoms with van der Waals surface area (Å²) in [6.07, 6.45) is 8.92. The number of nitrogens with zero attached hydrogens (tertiary/aromatic N) is 1. The maximum absolute atomic E-state index is 2.67. The van der Waals surface area contributed by atoms with Crippen molar-refractivity contribution in [2.24, 2.45) is 17.8 Å². The third kappa shape index (κ3) is 1.82. The Morgan fingerprint density at radius 3 is 2.00 bits per heavy atom. The van der Waals surface area contributed by atoms with Gasteiger partial charge in [-0.2, -0.15) is 0 Å². The van der Waals surface area contributed by atoms with E-state index in [1.807, 2.05) is 0 Å². The first-order chi connectivity index (χ1) is 9.56. The Morgan fingerprint density at radius 1 is 0.950 bits per heavy atom. The lowest BCUT2D eigenvalue weighted by molar-refractivity contribution is -0.00205. The van der Waals surface area contributed by atoms with Crippen LogP contribution in [0.15, 0.2) is 18.2 Å². The van der Waals surface area contributed by atoms with E-state index in [0.717, 1.165) is 17.8 Å². The molecule has 0 saturated heterocycles. The minimum atomic E-state index is 0.481. The normalized spacial score (nSPS) is 38.2. The van der Waals surface area contributed by atoms with Gasteiger partial charge in [-0.1, -0.05) is 17.7 Å². The largest absolute Gasteiger partial charge is 0.369 e. The Balaban J connectivity index is 1.69. The average molecular weight is 269 g/mol. The van der Waals surface area contributed by atoms with Gasteiger partial charge in [0.1, 0.15) is 0 Å². The minimum Gasteiger partial charge on any atom is -0.369 e. The van der Waals surface area contributed by atoms with Crippen molar-refractivity contribution in [3.05, 3.63) is 29.3 Å². The molecule has 1 nitrogen and oxygen atoms in total. The van der Waals surface area contributed by atoms with Crippen molar-refractivity contribution < 1.29 is 0 Å². The molecule has 4 saturated carbocycles. The lowest BCUT2D eigenvalue weighted by Gasteiger charge is -2.60. The smallest absolute Gasteiger partial charge is 0.0407 e. The fourth-order valence-electron chi connectivity index (χ4n) is 5.91. The van der Waals surface area contributed by atoms with Crippen molar-refractivity contribution in [2.75, 3.05) is 11.9 Å². The monoisotopic (exact) mass is 269 g/mol. The SMILES string of the molecule is Cc1ccc(N(C)C23CC4CC(CC(C4)C2)C3)c(C)c1. The minimum absolute atomic E-state index is 0.481. The average Bonchev–Trinajstić information content (AvgIpc) is 2.36. The molecule has 4 fully saturated rings. The molecule has 108 valence electrons. The van der Waals surface area contributed by atoms with Crippen molar-refractivity contribution in [3.8, 4) is 0 Å². The van der Waals surface area contributed by atoms with Crippen LogP contribution in [0.2, 0.25) is 0 Å².